The highest BCUT2D eigenvalue weighted by molar-refractivity contribution is 4.96. The van der Waals surface area contributed by atoms with Crippen molar-refractivity contribution in [1.29, 1.82) is 0 Å². The second-order valence-electron chi connectivity index (χ2n) is 4.29. The van der Waals surface area contributed by atoms with Crippen molar-refractivity contribution >= 4 is 0 Å². The molecule has 0 radical (unpaired) electrons. The van der Waals surface area contributed by atoms with Crippen LogP contribution in [0, 0.1) is 23.7 Å². The number of fused-ring (bicyclic) bond motifs is 1. The van der Waals surface area contributed by atoms with Crippen LogP contribution in [0.2, 0.25) is 0 Å². The molecule has 0 aromatic carbocycles. The molecule has 0 N–H and O–H groups in total. The van der Waals surface area contributed by atoms with Crippen molar-refractivity contribution < 1.29 is 0 Å². The van der Waals surface area contributed by atoms with Gasteiger partial charge in [0.2, 0.25) is 0 Å². The van der Waals surface area contributed by atoms with Gasteiger partial charge in [-0.3, -0.25) is 0 Å². The normalized spacial score (nSPS) is 52.2. The van der Waals surface area contributed by atoms with Gasteiger partial charge < -0.3 is 0 Å². The summed E-state index contributed by atoms with van der Waals surface area (Å²) < 4.78 is 0. The quantitative estimate of drug-likeness (QED) is 0.522. The van der Waals surface area contributed by atoms with Gasteiger partial charge in [-0.25, -0.2) is 0 Å². The minimum atomic E-state index is 1.04. The van der Waals surface area contributed by atoms with E-state index in [4.69, 9.17) is 0 Å². The molecule has 2 aliphatic carbocycles. The molecular formula is C10H18. The second kappa shape index (κ2) is 2.25. The van der Waals surface area contributed by atoms with Gasteiger partial charge in [0.25, 0.3) is 0 Å². The van der Waals surface area contributed by atoms with Gasteiger partial charge in [-0.15, -0.1) is 0 Å². The third-order valence-corrected chi connectivity index (χ3v) is 3.72. The summed E-state index contributed by atoms with van der Waals surface area (Å²) in [6.45, 7) is 4.81. The van der Waals surface area contributed by atoms with E-state index in [2.05, 4.69) is 13.8 Å². The van der Waals surface area contributed by atoms with Crippen LogP contribution >= 0.6 is 0 Å². The molecule has 0 aliphatic heterocycles. The second-order valence-corrected chi connectivity index (χ2v) is 4.29. The lowest BCUT2D eigenvalue weighted by Gasteiger charge is -2.27. The van der Waals surface area contributed by atoms with Crippen molar-refractivity contribution in [3.8, 4) is 0 Å². The minimum Gasteiger partial charge on any atom is -0.0651 e. The van der Waals surface area contributed by atoms with Crippen LogP contribution in [0.25, 0.3) is 0 Å². The maximum atomic E-state index is 2.45. The molecule has 2 aliphatic rings. The van der Waals surface area contributed by atoms with Gasteiger partial charge in [-0.05, 0) is 36.5 Å². The zero-order valence-electron chi connectivity index (χ0n) is 7.14. The maximum Gasteiger partial charge on any atom is -0.0352 e. The summed E-state index contributed by atoms with van der Waals surface area (Å²) in [5.41, 5.74) is 0. The molecule has 0 nitrogen and oxygen atoms in total. The number of hydrogen-bond acceptors (Lipinski definition) is 0. The van der Waals surface area contributed by atoms with Crippen molar-refractivity contribution in [2.45, 2.75) is 39.5 Å². The van der Waals surface area contributed by atoms with E-state index in [9.17, 15) is 0 Å². The molecule has 0 aromatic heterocycles. The lowest BCUT2D eigenvalue weighted by Crippen LogP contribution is -2.18. The SMILES string of the molecule is CCC1C(C)CCC2CC21. The van der Waals surface area contributed by atoms with Crippen LogP contribution in [0.5, 0.6) is 0 Å². The average Bonchev–Trinajstić information content (AvgIpc) is 2.66. The Bertz CT molecular complexity index is 126. The molecule has 2 saturated carbocycles. The summed E-state index contributed by atoms with van der Waals surface area (Å²) >= 11 is 0. The first-order chi connectivity index (χ1) is 4.83. The van der Waals surface area contributed by atoms with Crippen LogP contribution in [0.3, 0.4) is 0 Å². The highest BCUT2D eigenvalue weighted by Gasteiger charge is 2.46. The number of hydrogen-bond donors (Lipinski definition) is 0. The third kappa shape index (κ3) is 0.889. The largest absolute Gasteiger partial charge is 0.0651 e. The molecule has 0 spiro atoms. The Morgan fingerprint density at radius 2 is 2.10 bits per heavy atom. The van der Waals surface area contributed by atoms with E-state index >= 15 is 0 Å². The first-order valence-electron chi connectivity index (χ1n) is 4.83. The first-order valence-corrected chi connectivity index (χ1v) is 4.83. The lowest BCUT2D eigenvalue weighted by atomic mass is 9.79. The molecule has 2 fully saturated rings. The maximum absolute atomic E-state index is 2.45. The molecule has 0 amide bonds. The standard InChI is InChI=1S/C10H18/c1-3-9-7(2)4-5-8-6-10(8)9/h7-10H,3-6H2,1-2H3. The van der Waals surface area contributed by atoms with Gasteiger partial charge in [0.15, 0.2) is 0 Å². The molecule has 0 saturated heterocycles. The predicted octanol–water partition coefficient (Wildman–Crippen LogP) is 3.08. The lowest BCUT2D eigenvalue weighted by molar-refractivity contribution is 0.232. The summed E-state index contributed by atoms with van der Waals surface area (Å²) in [4.78, 5) is 0. The van der Waals surface area contributed by atoms with Crippen LogP contribution < -0.4 is 0 Å². The van der Waals surface area contributed by atoms with Crippen molar-refractivity contribution in [2.24, 2.45) is 23.7 Å². The molecule has 0 heteroatoms. The van der Waals surface area contributed by atoms with E-state index in [1.165, 1.54) is 18.8 Å². The Morgan fingerprint density at radius 3 is 2.70 bits per heavy atom. The highest BCUT2D eigenvalue weighted by atomic mass is 14.5. The zero-order chi connectivity index (χ0) is 7.14. The van der Waals surface area contributed by atoms with Gasteiger partial charge in [0.1, 0.15) is 0 Å². The topological polar surface area (TPSA) is 0 Å². The number of rotatable bonds is 1. The van der Waals surface area contributed by atoms with Crippen LogP contribution in [0.1, 0.15) is 39.5 Å². The highest BCUT2D eigenvalue weighted by Crippen LogP contribution is 2.55. The first kappa shape index (κ1) is 6.69. The van der Waals surface area contributed by atoms with Crippen LogP contribution in [0.4, 0.5) is 0 Å². The van der Waals surface area contributed by atoms with E-state index in [1.807, 2.05) is 0 Å². The van der Waals surface area contributed by atoms with Gasteiger partial charge in [-0.2, -0.15) is 0 Å². The summed E-state index contributed by atoms with van der Waals surface area (Å²) in [5, 5.41) is 0. The Labute approximate surface area is 64.0 Å². The summed E-state index contributed by atoms with van der Waals surface area (Å²) in [6.07, 6.45) is 6.06. The molecule has 4 atom stereocenters. The Kier molecular flexibility index (Phi) is 1.51. The van der Waals surface area contributed by atoms with E-state index in [0.717, 1.165) is 17.8 Å². The van der Waals surface area contributed by atoms with Crippen LogP contribution in [-0.2, 0) is 0 Å². The van der Waals surface area contributed by atoms with Gasteiger partial charge >= 0.3 is 0 Å². The van der Waals surface area contributed by atoms with Gasteiger partial charge in [0, 0.05) is 0 Å². The molecular weight excluding hydrogens is 120 g/mol. The Balaban J connectivity index is 2.00. The van der Waals surface area contributed by atoms with Crippen molar-refractivity contribution in [3.05, 3.63) is 0 Å². The van der Waals surface area contributed by atoms with Gasteiger partial charge in [0.05, 0.1) is 0 Å². The molecule has 58 valence electrons. The zero-order valence-corrected chi connectivity index (χ0v) is 7.14. The molecule has 2 rings (SSSR count). The van der Waals surface area contributed by atoms with Crippen molar-refractivity contribution in [3.63, 3.8) is 0 Å². The fourth-order valence-corrected chi connectivity index (χ4v) is 2.95. The van der Waals surface area contributed by atoms with E-state index in [-0.39, 0.29) is 0 Å². The Hall–Kier alpha value is 0. The van der Waals surface area contributed by atoms with Crippen LogP contribution in [-0.4, -0.2) is 0 Å². The molecule has 0 heterocycles. The monoisotopic (exact) mass is 138 g/mol. The molecule has 0 bridgehead atoms. The van der Waals surface area contributed by atoms with E-state index in [1.54, 1.807) is 12.8 Å². The van der Waals surface area contributed by atoms with Crippen molar-refractivity contribution in [1.82, 2.24) is 0 Å². The van der Waals surface area contributed by atoms with Crippen LogP contribution in [0.15, 0.2) is 0 Å². The summed E-state index contributed by atoms with van der Waals surface area (Å²) in [5.74, 6) is 4.46. The molecule has 0 aromatic rings. The average molecular weight is 138 g/mol. The van der Waals surface area contributed by atoms with Gasteiger partial charge in [-0.1, -0.05) is 26.7 Å². The fraction of sp³-hybridized carbons (Fsp3) is 1.00. The van der Waals surface area contributed by atoms with E-state index < -0.39 is 0 Å². The molecule has 4 unspecified atom stereocenters. The Morgan fingerprint density at radius 1 is 1.30 bits per heavy atom. The summed E-state index contributed by atoms with van der Waals surface area (Å²) in [7, 11) is 0. The summed E-state index contributed by atoms with van der Waals surface area (Å²) in [6, 6.07) is 0. The minimum absolute atomic E-state index is 1.04. The predicted molar refractivity (Wildman–Crippen MR) is 43.8 cm³/mol. The van der Waals surface area contributed by atoms with E-state index in [0.29, 0.717) is 0 Å². The fourth-order valence-electron chi connectivity index (χ4n) is 2.95. The molecule has 10 heavy (non-hydrogen) atoms. The van der Waals surface area contributed by atoms with Crippen molar-refractivity contribution in [2.75, 3.05) is 0 Å². The third-order valence-electron chi connectivity index (χ3n) is 3.72. The smallest absolute Gasteiger partial charge is 0.0352 e.